The van der Waals surface area contributed by atoms with Crippen LogP contribution in [0.2, 0.25) is 0 Å². The number of nitrogens with one attached hydrogen (secondary N) is 1. The molecule has 0 radical (unpaired) electrons. The molecule has 0 aromatic carbocycles. The van der Waals surface area contributed by atoms with Crippen LogP contribution < -0.4 is 5.32 Å². The fourth-order valence-electron chi connectivity index (χ4n) is 2.76. The lowest BCUT2D eigenvalue weighted by molar-refractivity contribution is -0.136. The molecule has 1 saturated carbocycles. The van der Waals surface area contributed by atoms with Gasteiger partial charge in [-0.25, -0.2) is 0 Å². The van der Waals surface area contributed by atoms with E-state index in [4.69, 9.17) is 4.74 Å². The number of carbonyl (C=O) groups excluding carboxylic acids is 1. The molecule has 1 atom stereocenters. The number of hydrogen-bond acceptors (Lipinski definition) is 3. The van der Waals surface area contributed by atoms with Gasteiger partial charge in [0.05, 0.1) is 19.1 Å². The molecule has 1 aliphatic carbocycles. The first-order valence-corrected chi connectivity index (χ1v) is 6.85. The normalized spacial score (nSPS) is 26.8. The predicted octanol–water partition coefficient (Wildman–Crippen LogP) is 1.16. The highest BCUT2D eigenvalue weighted by Crippen LogP contribution is 2.22. The van der Waals surface area contributed by atoms with Crippen molar-refractivity contribution in [1.29, 1.82) is 0 Å². The summed E-state index contributed by atoms with van der Waals surface area (Å²) in [4.78, 5) is 14.1. The number of nitrogens with zero attached hydrogens (tertiary/aromatic N) is 1. The number of hydrogen-bond donors (Lipinski definition) is 1. The van der Waals surface area contributed by atoms with Crippen LogP contribution in [0.4, 0.5) is 0 Å². The third-order valence-electron chi connectivity index (χ3n) is 3.92. The van der Waals surface area contributed by atoms with Gasteiger partial charge in [-0.2, -0.15) is 0 Å². The molecule has 4 heteroatoms. The van der Waals surface area contributed by atoms with Crippen LogP contribution in [0.1, 0.15) is 38.5 Å². The lowest BCUT2D eigenvalue weighted by Gasteiger charge is -2.33. The third kappa shape index (κ3) is 3.68. The predicted molar refractivity (Wildman–Crippen MR) is 66.9 cm³/mol. The van der Waals surface area contributed by atoms with E-state index in [2.05, 4.69) is 5.32 Å². The zero-order chi connectivity index (χ0) is 12.1. The van der Waals surface area contributed by atoms with Gasteiger partial charge < -0.3 is 15.0 Å². The van der Waals surface area contributed by atoms with Crippen LogP contribution in [-0.2, 0) is 9.53 Å². The van der Waals surface area contributed by atoms with Crippen molar-refractivity contribution in [2.75, 3.05) is 26.7 Å². The Labute approximate surface area is 104 Å². The van der Waals surface area contributed by atoms with Gasteiger partial charge in [-0.05, 0) is 12.8 Å². The topological polar surface area (TPSA) is 41.6 Å². The van der Waals surface area contributed by atoms with Crippen molar-refractivity contribution in [3.8, 4) is 0 Å². The van der Waals surface area contributed by atoms with Crippen LogP contribution in [0, 0.1) is 0 Å². The molecule has 1 heterocycles. The van der Waals surface area contributed by atoms with E-state index < -0.39 is 0 Å². The lowest BCUT2D eigenvalue weighted by atomic mass is 9.94. The highest BCUT2D eigenvalue weighted by atomic mass is 16.5. The van der Waals surface area contributed by atoms with E-state index >= 15 is 0 Å². The third-order valence-corrected chi connectivity index (χ3v) is 3.92. The molecule has 0 aromatic heterocycles. The van der Waals surface area contributed by atoms with E-state index in [9.17, 15) is 4.79 Å². The molecule has 0 aromatic rings. The van der Waals surface area contributed by atoms with Crippen molar-refractivity contribution in [3.05, 3.63) is 0 Å². The maximum Gasteiger partial charge on any atom is 0.225 e. The molecule has 2 rings (SSSR count). The smallest absolute Gasteiger partial charge is 0.225 e. The fourth-order valence-corrected chi connectivity index (χ4v) is 2.76. The first-order chi connectivity index (χ1) is 8.27. The Bertz CT molecular complexity index is 246. The Hall–Kier alpha value is -0.610. The Balaban J connectivity index is 1.77. The van der Waals surface area contributed by atoms with E-state index in [0.717, 1.165) is 19.7 Å². The lowest BCUT2D eigenvalue weighted by Crippen LogP contribution is -2.44. The van der Waals surface area contributed by atoms with Gasteiger partial charge >= 0.3 is 0 Å². The quantitative estimate of drug-likeness (QED) is 0.805. The molecule has 2 aliphatic rings. The summed E-state index contributed by atoms with van der Waals surface area (Å²) in [5, 5.41) is 3.26. The molecule has 1 saturated heterocycles. The summed E-state index contributed by atoms with van der Waals surface area (Å²) >= 11 is 0. The average Bonchev–Trinajstić information content (AvgIpc) is 2.40. The standard InChI is InChI=1S/C13H24N2O2/c1-15(11-5-3-2-4-6-11)13(16)9-12-10-14-7-8-17-12/h11-12,14H,2-10H2,1H3. The van der Waals surface area contributed by atoms with Crippen molar-refractivity contribution in [1.82, 2.24) is 10.2 Å². The zero-order valence-corrected chi connectivity index (χ0v) is 10.8. The van der Waals surface area contributed by atoms with Gasteiger partial charge in [0.2, 0.25) is 5.91 Å². The molecule has 0 bridgehead atoms. The second-order valence-corrected chi connectivity index (χ2v) is 5.20. The SMILES string of the molecule is CN(C(=O)CC1CNCCO1)C1CCCCC1. The first-order valence-electron chi connectivity index (χ1n) is 6.85. The summed E-state index contributed by atoms with van der Waals surface area (Å²) < 4.78 is 5.58. The summed E-state index contributed by atoms with van der Waals surface area (Å²) in [5.41, 5.74) is 0. The largest absolute Gasteiger partial charge is 0.375 e. The van der Waals surface area contributed by atoms with E-state index in [-0.39, 0.29) is 12.0 Å². The maximum absolute atomic E-state index is 12.1. The number of amides is 1. The molecule has 2 fully saturated rings. The van der Waals surface area contributed by atoms with E-state index in [1.165, 1.54) is 32.1 Å². The van der Waals surface area contributed by atoms with Crippen molar-refractivity contribution in [2.45, 2.75) is 50.7 Å². The summed E-state index contributed by atoms with van der Waals surface area (Å²) in [6.07, 6.45) is 6.81. The molecule has 98 valence electrons. The van der Waals surface area contributed by atoms with Crippen LogP contribution >= 0.6 is 0 Å². The minimum absolute atomic E-state index is 0.0716. The minimum atomic E-state index is 0.0716. The molecule has 1 aliphatic heterocycles. The van der Waals surface area contributed by atoms with Crippen molar-refractivity contribution < 1.29 is 9.53 Å². The van der Waals surface area contributed by atoms with Crippen LogP contribution in [0.5, 0.6) is 0 Å². The van der Waals surface area contributed by atoms with Crippen LogP contribution in [-0.4, -0.2) is 49.7 Å². The molecular weight excluding hydrogens is 216 g/mol. The number of ether oxygens (including phenoxy) is 1. The van der Waals surface area contributed by atoms with E-state index in [1.807, 2.05) is 11.9 Å². The summed E-state index contributed by atoms with van der Waals surface area (Å²) in [5.74, 6) is 0.241. The Morgan fingerprint density at radius 2 is 2.12 bits per heavy atom. The molecule has 1 unspecified atom stereocenters. The van der Waals surface area contributed by atoms with E-state index in [1.54, 1.807) is 0 Å². The molecule has 4 nitrogen and oxygen atoms in total. The first kappa shape index (κ1) is 12.8. The molecular formula is C13H24N2O2. The highest BCUT2D eigenvalue weighted by Gasteiger charge is 2.25. The van der Waals surface area contributed by atoms with E-state index in [0.29, 0.717) is 12.5 Å². The van der Waals surface area contributed by atoms with Gasteiger partial charge in [0.15, 0.2) is 0 Å². The molecule has 0 spiro atoms. The monoisotopic (exact) mass is 240 g/mol. The van der Waals surface area contributed by atoms with Gasteiger partial charge in [-0.15, -0.1) is 0 Å². The number of carbonyl (C=O) groups is 1. The summed E-state index contributed by atoms with van der Waals surface area (Å²) in [6, 6.07) is 0.466. The zero-order valence-electron chi connectivity index (χ0n) is 10.8. The van der Waals surface area contributed by atoms with Gasteiger partial charge in [0.25, 0.3) is 0 Å². The minimum Gasteiger partial charge on any atom is -0.375 e. The van der Waals surface area contributed by atoms with Gasteiger partial charge in [0.1, 0.15) is 0 Å². The molecule has 1 amide bonds. The Morgan fingerprint density at radius 1 is 1.35 bits per heavy atom. The molecule has 1 N–H and O–H groups in total. The second kappa shape index (κ2) is 6.36. The van der Waals surface area contributed by atoms with Crippen molar-refractivity contribution in [2.24, 2.45) is 0 Å². The van der Waals surface area contributed by atoms with Crippen molar-refractivity contribution >= 4 is 5.91 Å². The summed E-state index contributed by atoms with van der Waals surface area (Å²) in [7, 11) is 1.95. The van der Waals surface area contributed by atoms with Crippen LogP contribution in [0.25, 0.3) is 0 Å². The van der Waals surface area contributed by atoms with Gasteiger partial charge in [-0.1, -0.05) is 19.3 Å². The summed E-state index contributed by atoms with van der Waals surface area (Å²) in [6.45, 7) is 2.44. The van der Waals surface area contributed by atoms with Gasteiger partial charge in [-0.3, -0.25) is 4.79 Å². The molecule has 17 heavy (non-hydrogen) atoms. The highest BCUT2D eigenvalue weighted by molar-refractivity contribution is 5.76. The van der Waals surface area contributed by atoms with Crippen molar-refractivity contribution in [3.63, 3.8) is 0 Å². The average molecular weight is 240 g/mol. The Kier molecular flexibility index (Phi) is 4.80. The Morgan fingerprint density at radius 3 is 2.76 bits per heavy atom. The maximum atomic E-state index is 12.1. The second-order valence-electron chi connectivity index (χ2n) is 5.20. The number of morpholine rings is 1. The fraction of sp³-hybridized carbons (Fsp3) is 0.923. The van der Waals surface area contributed by atoms with Crippen LogP contribution in [0.3, 0.4) is 0 Å². The number of rotatable bonds is 3. The van der Waals surface area contributed by atoms with Crippen LogP contribution in [0.15, 0.2) is 0 Å². The van der Waals surface area contributed by atoms with Gasteiger partial charge in [0, 0.05) is 26.2 Å².